The average Bonchev–Trinajstić information content (AvgIpc) is 2.54. The van der Waals surface area contributed by atoms with Crippen molar-refractivity contribution in [2.75, 3.05) is 30.9 Å². The first-order valence-electron chi connectivity index (χ1n) is 7.42. The molecule has 4 heteroatoms. The number of carbonyl (C=O) groups excluding carboxylic acids is 1. The van der Waals surface area contributed by atoms with E-state index in [-0.39, 0.29) is 18.5 Å². The van der Waals surface area contributed by atoms with Crippen molar-refractivity contribution in [3.05, 3.63) is 60.2 Å². The van der Waals surface area contributed by atoms with E-state index in [0.29, 0.717) is 0 Å². The van der Waals surface area contributed by atoms with Gasteiger partial charge in [-0.3, -0.25) is 4.79 Å². The molecule has 0 aromatic heterocycles. The van der Waals surface area contributed by atoms with Gasteiger partial charge in [0.25, 0.3) is 0 Å². The van der Waals surface area contributed by atoms with Crippen LogP contribution in [0.3, 0.4) is 0 Å². The molecule has 0 aliphatic carbocycles. The van der Waals surface area contributed by atoms with E-state index >= 15 is 0 Å². The molecule has 22 heavy (non-hydrogen) atoms. The zero-order valence-corrected chi connectivity index (χ0v) is 13.3. The van der Waals surface area contributed by atoms with Crippen molar-refractivity contribution in [1.82, 2.24) is 5.32 Å². The van der Waals surface area contributed by atoms with Crippen molar-refractivity contribution in [1.29, 1.82) is 0 Å². The summed E-state index contributed by atoms with van der Waals surface area (Å²) in [5.74, 6) is -0.0413. The van der Waals surface area contributed by atoms with E-state index in [1.165, 1.54) is 5.56 Å². The van der Waals surface area contributed by atoms with Crippen LogP contribution >= 0.6 is 0 Å². The molecule has 2 aromatic rings. The molecule has 2 aromatic carbocycles. The quantitative estimate of drug-likeness (QED) is 0.861. The number of carbonyl (C=O) groups is 1. The SMILES string of the molecule is CC(NCC(=O)Nc1ccc(N(C)C)cc1)c1ccccc1. The minimum atomic E-state index is -0.0413. The van der Waals surface area contributed by atoms with Gasteiger partial charge in [0, 0.05) is 31.5 Å². The summed E-state index contributed by atoms with van der Waals surface area (Å²) in [5, 5.41) is 6.12. The summed E-state index contributed by atoms with van der Waals surface area (Å²) < 4.78 is 0. The highest BCUT2D eigenvalue weighted by Crippen LogP contribution is 2.15. The van der Waals surface area contributed by atoms with Crippen LogP contribution in [0.15, 0.2) is 54.6 Å². The maximum absolute atomic E-state index is 12.0. The van der Waals surface area contributed by atoms with Crippen LogP contribution in [0.25, 0.3) is 0 Å². The molecule has 1 amide bonds. The summed E-state index contributed by atoms with van der Waals surface area (Å²) in [4.78, 5) is 14.0. The van der Waals surface area contributed by atoms with Gasteiger partial charge in [-0.25, -0.2) is 0 Å². The Balaban J connectivity index is 1.83. The summed E-state index contributed by atoms with van der Waals surface area (Å²) >= 11 is 0. The van der Waals surface area contributed by atoms with Crippen molar-refractivity contribution >= 4 is 17.3 Å². The second-order valence-corrected chi connectivity index (χ2v) is 5.50. The van der Waals surface area contributed by atoms with Gasteiger partial charge in [-0.05, 0) is 36.8 Å². The summed E-state index contributed by atoms with van der Waals surface area (Å²) in [6.45, 7) is 2.33. The van der Waals surface area contributed by atoms with E-state index in [1.807, 2.05) is 61.5 Å². The molecule has 1 unspecified atom stereocenters. The van der Waals surface area contributed by atoms with E-state index in [4.69, 9.17) is 0 Å². The summed E-state index contributed by atoms with van der Waals surface area (Å²) in [6.07, 6.45) is 0. The van der Waals surface area contributed by atoms with E-state index in [2.05, 4.69) is 29.7 Å². The van der Waals surface area contributed by atoms with E-state index < -0.39 is 0 Å². The predicted octanol–water partition coefficient (Wildman–Crippen LogP) is 3.04. The Labute approximate surface area is 132 Å². The molecule has 0 fully saturated rings. The third-order valence-corrected chi connectivity index (χ3v) is 3.54. The van der Waals surface area contributed by atoms with Crippen molar-refractivity contribution in [2.45, 2.75) is 13.0 Å². The topological polar surface area (TPSA) is 44.4 Å². The van der Waals surface area contributed by atoms with Gasteiger partial charge in [-0.2, -0.15) is 0 Å². The molecule has 0 saturated heterocycles. The van der Waals surface area contributed by atoms with Gasteiger partial charge in [0.2, 0.25) is 5.91 Å². The van der Waals surface area contributed by atoms with Crippen LogP contribution in [0.1, 0.15) is 18.5 Å². The normalized spacial score (nSPS) is 11.8. The molecule has 0 radical (unpaired) electrons. The largest absolute Gasteiger partial charge is 0.378 e. The van der Waals surface area contributed by atoms with Gasteiger partial charge in [0.05, 0.1) is 6.54 Å². The molecule has 2 rings (SSSR count). The molecule has 0 spiro atoms. The van der Waals surface area contributed by atoms with Crippen LogP contribution in [0.2, 0.25) is 0 Å². The Bertz CT molecular complexity index is 593. The van der Waals surface area contributed by atoms with E-state index in [1.54, 1.807) is 0 Å². The molecule has 4 nitrogen and oxygen atoms in total. The van der Waals surface area contributed by atoms with Crippen molar-refractivity contribution in [2.24, 2.45) is 0 Å². The lowest BCUT2D eigenvalue weighted by atomic mass is 10.1. The lowest BCUT2D eigenvalue weighted by Gasteiger charge is -2.15. The van der Waals surface area contributed by atoms with E-state index in [0.717, 1.165) is 11.4 Å². The lowest BCUT2D eigenvalue weighted by molar-refractivity contribution is -0.115. The lowest BCUT2D eigenvalue weighted by Crippen LogP contribution is -2.30. The van der Waals surface area contributed by atoms with Crippen LogP contribution in [-0.2, 0) is 4.79 Å². The molecule has 116 valence electrons. The van der Waals surface area contributed by atoms with Gasteiger partial charge in [-0.15, -0.1) is 0 Å². The maximum Gasteiger partial charge on any atom is 0.238 e. The highest BCUT2D eigenvalue weighted by molar-refractivity contribution is 5.92. The maximum atomic E-state index is 12.0. The van der Waals surface area contributed by atoms with Gasteiger partial charge in [-0.1, -0.05) is 30.3 Å². The second-order valence-electron chi connectivity index (χ2n) is 5.50. The number of nitrogens with one attached hydrogen (secondary N) is 2. The van der Waals surface area contributed by atoms with Crippen LogP contribution in [0.4, 0.5) is 11.4 Å². The number of hydrogen-bond donors (Lipinski definition) is 2. The third kappa shape index (κ3) is 4.60. The summed E-state index contributed by atoms with van der Waals surface area (Å²) in [5.41, 5.74) is 3.09. The first-order valence-corrected chi connectivity index (χ1v) is 7.42. The summed E-state index contributed by atoms with van der Waals surface area (Å²) in [7, 11) is 3.98. The second kappa shape index (κ2) is 7.61. The first kappa shape index (κ1) is 16.0. The first-order chi connectivity index (χ1) is 10.6. The Morgan fingerprint density at radius 2 is 1.68 bits per heavy atom. The fourth-order valence-corrected chi connectivity index (χ4v) is 2.15. The van der Waals surface area contributed by atoms with Gasteiger partial charge < -0.3 is 15.5 Å². The predicted molar refractivity (Wildman–Crippen MR) is 92.3 cm³/mol. The molecular formula is C18H23N3O. The highest BCUT2D eigenvalue weighted by atomic mass is 16.1. The average molecular weight is 297 g/mol. The molecule has 0 bridgehead atoms. The molecule has 0 heterocycles. The molecular weight excluding hydrogens is 274 g/mol. The van der Waals surface area contributed by atoms with Crippen molar-refractivity contribution in [3.63, 3.8) is 0 Å². The molecule has 0 aliphatic heterocycles. The van der Waals surface area contributed by atoms with Crippen molar-refractivity contribution < 1.29 is 4.79 Å². The van der Waals surface area contributed by atoms with Gasteiger partial charge in [0.15, 0.2) is 0 Å². The van der Waals surface area contributed by atoms with Crippen LogP contribution in [-0.4, -0.2) is 26.5 Å². The number of benzene rings is 2. The fraction of sp³-hybridized carbons (Fsp3) is 0.278. The Morgan fingerprint density at radius 3 is 2.27 bits per heavy atom. The highest BCUT2D eigenvalue weighted by Gasteiger charge is 2.07. The smallest absolute Gasteiger partial charge is 0.238 e. The minimum absolute atomic E-state index is 0.0413. The Hall–Kier alpha value is -2.33. The minimum Gasteiger partial charge on any atom is -0.378 e. The Kier molecular flexibility index (Phi) is 5.55. The van der Waals surface area contributed by atoms with Crippen LogP contribution in [0.5, 0.6) is 0 Å². The van der Waals surface area contributed by atoms with Gasteiger partial charge in [0.1, 0.15) is 0 Å². The summed E-state index contributed by atoms with van der Waals surface area (Å²) in [6, 6.07) is 18.0. The number of amides is 1. The number of nitrogens with zero attached hydrogens (tertiary/aromatic N) is 1. The zero-order valence-electron chi connectivity index (χ0n) is 13.3. The molecule has 2 N–H and O–H groups in total. The van der Waals surface area contributed by atoms with E-state index in [9.17, 15) is 4.79 Å². The number of anilines is 2. The van der Waals surface area contributed by atoms with Gasteiger partial charge >= 0.3 is 0 Å². The molecule has 1 atom stereocenters. The number of rotatable bonds is 6. The monoisotopic (exact) mass is 297 g/mol. The van der Waals surface area contributed by atoms with Crippen molar-refractivity contribution in [3.8, 4) is 0 Å². The molecule has 0 saturated carbocycles. The van der Waals surface area contributed by atoms with Crippen LogP contribution in [0, 0.1) is 0 Å². The standard InChI is InChI=1S/C18H23N3O/c1-14(15-7-5-4-6-8-15)19-13-18(22)20-16-9-11-17(12-10-16)21(2)3/h4-12,14,19H,13H2,1-3H3,(H,20,22). The zero-order chi connectivity index (χ0) is 15.9. The fourth-order valence-electron chi connectivity index (χ4n) is 2.15. The molecule has 0 aliphatic rings. The third-order valence-electron chi connectivity index (χ3n) is 3.54. The Morgan fingerprint density at radius 1 is 1.05 bits per heavy atom. The number of hydrogen-bond acceptors (Lipinski definition) is 3. The van der Waals surface area contributed by atoms with Crippen LogP contribution < -0.4 is 15.5 Å².